The molecule has 11 aromatic rings. The lowest BCUT2D eigenvalue weighted by molar-refractivity contribution is 0.669. The fourth-order valence-corrected chi connectivity index (χ4v) is 10.8. The summed E-state index contributed by atoms with van der Waals surface area (Å²) in [5.41, 5.74) is 12.0. The predicted octanol–water partition coefficient (Wildman–Crippen LogP) is 14.9. The van der Waals surface area contributed by atoms with Gasteiger partial charge in [-0.1, -0.05) is 158 Å². The maximum atomic E-state index is 6.99. The minimum atomic E-state index is -0.526. The third kappa shape index (κ3) is 4.38. The Balaban J connectivity index is 1.21. The quantitative estimate of drug-likeness (QED) is 0.175. The lowest BCUT2D eigenvalue weighted by Crippen LogP contribution is -2.28. The number of hydrogen-bond donors (Lipinski definition) is 0. The average Bonchev–Trinajstić information content (AvgIpc) is 3.93. The molecule has 0 bridgehead atoms. The van der Waals surface area contributed by atoms with Gasteiger partial charge in [-0.3, -0.25) is 0 Å². The van der Waals surface area contributed by atoms with E-state index in [0.29, 0.717) is 0 Å². The molecule has 0 fully saturated rings. The SMILES string of the molecule is c1ccc(C2(c3ccccc3)c3ccccc3-c3ccc(N(c4ccc5ccccc5c4)c4cc5c6ccccc6sc5c5c4oc4ccccc45)cc32)cc1. The molecule has 9 aromatic carbocycles. The van der Waals surface area contributed by atoms with Crippen LogP contribution in [-0.2, 0) is 5.41 Å². The molecule has 0 saturated heterocycles. The van der Waals surface area contributed by atoms with Crippen LogP contribution >= 0.6 is 11.3 Å². The van der Waals surface area contributed by atoms with Crippen LogP contribution in [0.2, 0.25) is 0 Å². The highest BCUT2D eigenvalue weighted by atomic mass is 32.1. The van der Waals surface area contributed by atoms with Gasteiger partial charge in [0.05, 0.1) is 11.1 Å². The van der Waals surface area contributed by atoms with Crippen molar-refractivity contribution in [2.75, 3.05) is 4.90 Å². The van der Waals surface area contributed by atoms with E-state index in [9.17, 15) is 0 Å². The number of furan rings is 1. The van der Waals surface area contributed by atoms with E-state index < -0.39 is 5.41 Å². The second-order valence-corrected chi connectivity index (χ2v) is 15.8. The molecule has 3 heteroatoms. The molecule has 0 N–H and O–H groups in total. The zero-order valence-electron chi connectivity index (χ0n) is 30.3. The first-order valence-electron chi connectivity index (χ1n) is 19.2. The number of benzene rings is 9. The molecule has 0 spiro atoms. The second kappa shape index (κ2) is 12.0. The largest absolute Gasteiger partial charge is 0.454 e. The fourth-order valence-electron chi connectivity index (χ4n) is 9.53. The highest BCUT2D eigenvalue weighted by Crippen LogP contribution is 2.58. The Morgan fingerprint density at radius 3 is 1.89 bits per heavy atom. The highest BCUT2D eigenvalue weighted by molar-refractivity contribution is 7.26. The number of thiophene rings is 1. The van der Waals surface area contributed by atoms with Crippen LogP contribution in [-0.4, -0.2) is 0 Å². The topological polar surface area (TPSA) is 16.4 Å². The molecule has 0 radical (unpaired) electrons. The van der Waals surface area contributed by atoms with Crippen LogP contribution in [0.3, 0.4) is 0 Å². The van der Waals surface area contributed by atoms with Crippen molar-refractivity contribution < 1.29 is 4.42 Å². The van der Waals surface area contributed by atoms with Gasteiger partial charge in [-0.25, -0.2) is 0 Å². The molecule has 0 aliphatic heterocycles. The molecular formula is C53H33NOS. The first kappa shape index (κ1) is 31.4. The van der Waals surface area contributed by atoms with Gasteiger partial charge in [0.2, 0.25) is 0 Å². The van der Waals surface area contributed by atoms with E-state index in [-0.39, 0.29) is 0 Å². The summed E-state index contributed by atoms with van der Waals surface area (Å²) in [5.74, 6) is 0. The van der Waals surface area contributed by atoms with Crippen molar-refractivity contribution >= 4 is 81.3 Å². The number of anilines is 3. The van der Waals surface area contributed by atoms with E-state index in [1.165, 1.54) is 64.3 Å². The first-order chi connectivity index (χ1) is 27.8. The van der Waals surface area contributed by atoms with Crippen LogP contribution in [0, 0.1) is 0 Å². The van der Waals surface area contributed by atoms with Crippen LogP contribution in [0.15, 0.2) is 205 Å². The Hall–Kier alpha value is -6.94. The number of rotatable bonds is 5. The zero-order valence-corrected chi connectivity index (χ0v) is 31.1. The maximum Gasteiger partial charge on any atom is 0.160 e. The molecule has 2 nitrogen and oxygen atoms in total. The summed E-state index contributed by atoms with van der Waals surface area (Å²) in [6.07, 6.45) is 0. The van der Waals surface area contributed by atoms with Gasteiger partial charge in [0.25, 0.3) is 0 Å². The molecule has 0 amide bonds. The third-order valence-electron chi connectivity index (χ3n) is 11.9. The van der Waals surface area contributed by atoms with Gasteiger partial charge in [0, 0.05) is 42.3 Å². The van der Waals surface area contributed by atoms with Crippen molar-refractivity contribution in [1.29, 1.82) is 0 Å². The van der Waals surface area contributed by atoms with Crippen molar-refractivity contribution in [1.82, 2.24) is 0 Å². The van der Waals surface area contributed by atoms with E-state index >= 15 is 0 Å². The highest BCUT2D eigenvalue weighted by Gasteiger charge is 2.46. The Labute approximate surface area is 328 Å². The third-order valence-corrected chi connectivity index (χ3v) is 13.1. The van der Waals surface area contributed by atoms with Crippen LogP contribution < -0.4 is 4.90 Å². The normalized spacial score (nSPS) is 13.1. The van der Waals surface area contributed by atoms with Crippen LogP contribution in [0.5, 0.6) is 0 Å². The molecular weight excluding hydrogens is 699 g/mol. The van der Waals surface area contributed by atoms with Gasteiger partial charge in [-0.05, 0) is 86.6 Å². The van der Waals surface area contributed by atoms with E-state index in [1.54, 1.807) is 0 Å². The Kier molecular flexibility index (Phi) is 6.75. The molecule has 2 heterocycles. The number of para-hydroxylation sites is 1. The molecule has 1 aliphatic rings. The minimum Gasteiger partial charge on any atom is -0.454 e. The number of nitrogens with zero attached hydrogens (tertiary/aromatic N) is 1. The van der Waals surface area contributed by atoms with Crippen molar-refractivity contribution in [3.63, 3.8) is 0 Å². The van der Waals surface area contributed by atoms with E-state index in [2.05, 4.69) is 205 Å². The fraction of sp³-hybridized carbons (Fsp3) is 0.0189. The van der Waals surface area contributed by atoms with Gasteiger partial charge in [0.1, 0.15) is 5.58 Å². The van der Waals surface area contributed by atoms with Gasteiger partial charge >= 0.3 is 0 Å². The molecule has 56 heavy (non-hydrogen) atoms. The predicted molar refractivity (Wildman–Crippen MR) is 236 cm³/mol. The number of fused-ring (bicyclic) bond motifs is 11. The Morgan fingerprint density at radius 1 is 0.446 bits per heavy atom. The average molecular weight is 732 g/mol. The van der Waals surface area contributed by atoms with Crippen LogP contribution in [0.4, 0.5) is 17.1 Å². The lowest BCUT2D eigenvalue weighted by Gasteiger charge is -2.35. The minimum absolute atomic E-state index is 0.526. The molecule has 0 unspecified atom stereocenters. The molecule has 12 rings (SSSR count). The summed E-state index contributed by atoms with van der Waals surface area (Å²) in [7, 11) is 0. The molecule has 1 aliphatic carbocycles. The summed E-state index contributed by atoms with van der Waals surface area (Å²) in [6, 6.07) is 73.3. The summed E-state index contributed by atoms with van der Waals surface area (Å²) >= 11 is 1.85. The summed E-state index contributed by atoms with van der Waals surface area (Å²) in [4.78, 5) is 2.44. The van der Waals surface area contributed by atoms with Gasteiger partial charge in [-0.15, -0.1) is 11.3 Å². The zero-order chi connectivity index (χ0) is 36.8. The molecule has 262 valence electrons. The molecule has 0 saturated carbocycles. The smallest absolute Gasteiger partial charge is 0.160 e. The number of hydrogen-bond acceptors (Lipinski definition) is 3. The molecule has 2 aromatic heterocycles. The second-order valence-electron chi connectivity index (χ2n) is 14.8. The van der Waals surface area contributed by atoms with Crippen LogP contribution in [0.25, 0.3) is 64.0 Å². The van der Waals surface area contributed by atoms with E-state index in [4.69, 9.17) is 4.42 Å². The lowest BCUT2D eigenvalue weighted by atomic mass is 9.67. The van der Waals surface area contributed by atoms with Crippen molar-refractivity contribution in [2.24, 2.45) is 0 Å². The maximum absolute atomic E-state index is 6.99. The first-order valence-corrected chi connectivity index (χ1v) is 20.0. The van der Waals surface area contributed by atoms with Gasteiger partial charge in [0.15, 0.2) is 5.58 Å². The van der Waals surface area contributed by atoms with Crippen molar-refractivity contribution in [2.45, 2.75) is 5.41 Å². The molecule has 0 atom stereocenters. The Morgan fingerprint density at radius 2 is 1.07 bits per heavy atom. The standard InChI is InChI=1S/C53H33NOS/c1-3-17-36(18-4-1)53(37-19-5-2-6-20-37)45-24-12-9-21-40(45)41-30-29-39(32-46(41)53)54(38-28-27-34-15-7-8-16-35(34)31-38)47-33-44-42-22-11-14-26-49(42)56-52(44)50-43-23-10-13-25-48(43)55-51(47)50/h1-33H. The monoisotopic (exact) mass is 731 g/mol. The van der Waals surface area contributed by atoms with E-state index in [0.717, 1.165) is 39.0 Å². The van der Waals surface area contributed by atoms with Crippen LogP contribution in [0.1, 0.15) is 22.3 Å². The summed E-state index contributed by atoms with van der Waals surface area (Å²) in [5, 5.41) is 7.20. The summed E-state index contributed by atoms with van der Waals surface area (Å²) in [6.45, 7) is 0. The van der Waals surface area contributed by atoms with Gasteiger partial charge in [-0.2, -0.15) is 0 Å². The van der Waals surface area contributed by atoms with E-state index in [1.807, 2.05) is 11.3 Å². The van der Waals surface area contributed by atoms with Gasteiger partial charge < -0.3 is 9.32 Å². The van der Waals surface area contributed by atoms with Crippen molar-refractivity contribution in [3.05, 3.63) is 222 Å². The van der Waals surface area contributed by atoms with Crippen molar-refractivity contribution in [3.8, 4) is 11.1 Å². The Bertz CT molecular complexity index is 3280. The summed E-state index contributed by atoms with van der Waals surface area (Å²) < 4.78 is 9.51.